The van der Waals surface area contributed by atoms with Crippen molar-refractivity contribution in [3.63, 3.8) is 0 Å². The summed E-state index contributed by atoms with van der Waals surface area (Å²) in [6.45, 7) is 2.01. The zero-order chi connectivity index (χ0) is 13.0. The Morgan fingerprint density at radius 1 is 1.33 bits per heavy atom. The van der Waals surface area contributed by atoms with E-state index in [2.05, 4.69) is 10.6 Å². The van der Waals surface area contributed by atoms with Crippen LogP contribution in [0, 0.1) is 12.8 Å². The van der Waals surface area contributed by atoms with E-state index < -0.39 is 0 Å². The molecular weight excluding hydrogens is 228 g/mol. The van der Waals surface area contributed by atoms with Gasteiger partial charge in [-0.3, -0.25) is 9.59 Å². The highest BCUT2D eigenvalue weighted by Gasteiger charge is 2.25. The van der Waals surface area contributed by atoms with Crippen LogP contribution in [0.15, 0.2) is 24.3 Å². The minimum atomic E-state index is -0.187. The molecule has 0 radical (unpaired) electrons. The van der Waals surface area contributed by atoms with Gasteiger partial charge in [0.25, 0.3) is 0 Å². The van der Waals surface area contributed by atoms with Gasteiger partial charge >= 0.3 is 0 Å². The second kappa shape index (κ2) is 5.67. The first kappa shape index (κ1) is 12.6. The maximum atomic E-state index is 11.6. The van der Waals surface area contributed by atoms with E-state index >= 15 is 0 Å². The number of nitrogens with one attached hydrogen (secondary N) is 2. The third-order valence-electron chi connectivity index (χ3n) is 3.20. The molecule has 0 bridgehead atoms. The van der Waals surface area contributed by atoms with Gasteiger partial charge in [-0.25, -0.2) is 0 Å². The number of carbonyl (C=O) groups is 2. The van der Waals surface area contributed by atoms with Crippen LogP contribution in [0.1, 0.15) is 24.8 Å². The molecule has 0 aliphatic heterocycles. The Labute approximate surface area is 107 Å². The molecule has 1 fully saturated rings. The molecule has 2 amide bonds. The summed E-state index contributed by atoms with van der Waals surface area (Å²) in [5.41, 5.74) is 1.85. The third kappa shape index (κ3) is 3.32. The van der Waals surface area contributed by atoms with Gasteiger partial charge in [-0.2, -0.15) is 0 Å². The van der Waals surface area contributed by atoms with Crippen LogP contribution in [-0.4, -0.2) is 18.4 Å². The average molecular weight is 246 g/mol. The van der Waals surface area contributed by atoms with Crippen LogP contribution in [0.3, 0.4) is 0 Å². The summed E-state index contributed by atoms with van der Waals surface area (Å²) in [5, 5.41) is 5.43. The molecule has 4 nitrogen and oxygen atoms in total. The molecule has 0 atom stereocenters. The highest BCUT2D eigenvalue weighted by atomic mass is 16.2. The van der Waals surface area contributed by atoms with Crippen molar-refractivity contribution in [3.05, 3.63) is 29.8 Å². The number of rotatable bonds is 4. The van der Waals surface area contributed by atoms with Crippen LogP contribution < -0.4 is 10.6 Å². The Morgan fingerprint density at radius 3 is 2.72 bits per heavy atom. The first-order valence-corrected chi connectivity index (χ1v) is 6.29. The Kier molecular flexibility index (Phi) is 3.97. The molecule has 0 unspecified atom stereocenters. The smallest absolute Gasteiger partial charge is 0.243 e. The summed E-state index contributed by atoms with van der Waals surface area (Å²) in [5.74, 6) is -0.0642. The van der Waals surface area contributed by atoms with Crippen LogP contribution in [0.25, 0.3) is 0 Å². The molecule has 1 aromatic carbocycles. The molecule has 4 heteroatoms. The number of carbonyl (C=O) groups excluding carboxylic acids is 2. The Balaban J connectivity index is 1.76. The number of anilines is 1. The van der Waals surface area contributed by atoms with Gasteiger partial charge in [0.15, 0.2) is 0 Å². The van der Waals surface area contributed by atoms with Crippen LogP contribution >= 0.6 is 0 Å². The quantitative estimate of drug-likeness (QED) is 0.851. The van der Waals surface area contributed by atoms with Crippen LogP contribution in [-0.2, 0) is 9.59 Å². The number of hydrogen-bond acceptors (Lipinski definition) is 2. The zero-order valence-corrected chi connectivity index (χ0v) is 10.5. The lowest BCUT2D eigenvalue weighted by atomic mass is 9.85. The molecule has 1 aromatic rings. The highest BCUT2D eigenvalue weighted by Crippen LogP contribution is 2.25. The largest absolute Gasteiger partial charge is 0.347 e. The zero-order valence-electron chi connectivity index (χ0n) is 10.5. The van der Waals surface area contributed by atoms with Crippen molar-refractivity contribution in [1.29, 1.82) is 0 Å². The fraction of sp³-hybridized carbons (Fsp3) is 0.429. The number of amides is 2. The van der Waals surface area contributed by atoms with E-state index in [1.165, 1.54) is 0 Å². The summed E-state index contributed by atoms with van der Waals surface area (Å²) in [6.07, 6.45) is 3.02. The van der Waals surface area contributed by atoms with E-state index in [4.69, 9.17) is 0 Å². The van der Waals surface area contributed by atoms with E-state index in [-0.39, 0.29) is 24.3 Å². The lowest BCUT2D eigenvalue weighted by Gasteiger charge is -2.23. The summed E-state index contributed by atoms with van der Waals surface area (Å²) in [6, 6.07) is 7.58. The normalized spacial score (nSPS) is 14.7. The van der Waals surface area contributed by atoms with Crippen LogP contribution in [0.5, 0.6) is 0 Å². The minimum Gasteiger partial charge on any atom is -0.347 e. The Bertz CT molecular complexity index is 453. The second-order valence-corrected chi connectivity index (χ2v) is 4.76. The van der Waals surface area contributed by atoms with Crippen molar-refractivity contribution in [2.75, 3.05) is 11.9 Å². The first-order valence-electron chi connectivity index (χ1n) is 6.29. The third-order valence-corrected chi connectivity index (χ3v) is 3.20. The predicted octanol–water partition coefficient (Wildman–Crippen LogP) is 1.85. The molecule has 0 saturated heterocycles. The monoisotopic (exact) mass is 246 g/mol. The topological polar surface area (TPSA) is 58.2 Å². The first-order chi connectivity index (χ1) is 8.65. The fourth-order valence-electron chi connectivity index (χ4n) is 1.91. The Hall–Kier alpha value is -1.84. The summed E-state index contributed by atoms with van der Waals surface area (Å²) in [4.78, 5) is 23.2. The van der Waals surface area contributed by atoms with Crippen LogP contribution in [0.4, 0.5) is 5.69 Å². The van der Waals surface area contributed by atoms with E-state index in [1.807, 2.05) is 31.2 Å². The van der Waals surface area contributed by atoms with Crippen molar-refractivity contribution in [2.24, 2.45) is 5.92 Å². The SMILES string of the molecule is Cc1cccc(NC(=O)CNC(=O)C2CCC2)c1. The van der Waals surface area contributed by atoms with Crippen molar-refractivity contribution < 1.29 is 9.59 Å². The minimum absolute atomic E-state index is 0.000595. The number of aryl methyl sites for hydroxylation is 1. The maximum Gasteiger partial charge on any atom is 0.243 e. The molecular formula is C14H18N2O2. The van der Waals surface area contributed by atoms with Gasteiger partial charge in [-0.1, -0.05) is 18.6 Å². The summed E-state index contributed by atoms with van der Waals surface area (Å²) >= 11 is 0. The number of benzene rings is 1. The molecule has 2 rings (SSSR count). The average Bonchev–Trinajstić information content (AvgIpc) is 2.24. The van der Waals surface area contributed by atoms with Gasteiger partial charge in [-0.05, 0) is 37.5 Å². The van der Waals surface area contributed by atoms with Crippen LogP contribution in [0.2, 0.25) is 0 Å². The molecule has 1 saturated carbocycles. The fourth-order valence-corrected chi connectivity index (χ4v) is 1.91. The van der Waals surface area contributed by atoms with Crippen molar-refractivity contribution in [3.8, 4) is 0 Å². The summed E-state index contributed by atoms with van der Waals surface area (Å²) < 4.78 is 0. The van der Waals surface area contributed by atoms with Gasteiger partial charge in [-0.15, -0.1) is 0 Å². The molecule has 2 N–H and O–H groups in total. The van der Waals surface area contributed by atoms with Gasteiger partial charge in [0.1, 0.15) is 0 Å². The molecule has 0 spiro atoms. The van der Waals surface area contributed by atoms with E-state index in [0.717, 1.165) is 30.5 Å². The van der Waals surface area contributed by atoms with Gasteiger partial charge < -0.3 is 10.6 Å². The second-order valence-electron chi connectivity index (χ2n) is 4.76. The van der Waals surface area contributed by atoms with E-state index in [0.29, 0.717) is 0 Å². The molecule has 96 valence electrons. The Morgan fingerprint density at radius 2 is 2.11 bits per heavy atom. The van der Waals surface area contributed by atoms with Gasteiger partial charge in [0.2, 0.25) is 11.8 Å². The lowest BCUT2D eigenvalue weighted by Crippen LogP contribution is -2.39. The molecule has 1 aliphatic carbocycles. The highest BCUT2D eigenvalue weighted by molar-refractivity contribution is 5.94. The predicted molar refractivity (Wildman–Crippen MR) is 70.2 cm³/mol. The standard InChI is InChI=1S/C14H18N2O2/c1-10-4-2-7-12(8-10)16-13(17)9-15-14(18)11-5-3-6-11/h2,4,7-8,11H,3,5-6,9H2,1H3,(H,15,18)(H,16,17). The molecule has 0 heterocycles. The molecule has 18 heavy (non-hydrogen) atoms. The van der Waals surface area contributed by atoms with E-state index in [1.54, 1.807) is 0 Å². The van der Waals surface area contributed by atoms with Crippen molar-refractivity contribution >= 4 is 17.5 Å². The van der Waals surface area contributed by atoms with E-state index in [9.17, 15) is 9.59 Å². The van der Waals surface area contributed by atoms with Crippen molar-refractivity contribution in [1.82, 2.24) is 5.32 Å². The number of hydrogen-bond donors (Lipinski definition) is 2. The molecule has 1 aliphatic rings. The van der Waals surface area contributed by atoms with Gasteiger partial charge in [0.05, 0.1) is 6.54 Å². The lowest BCUT2D eigenvalue weighted by molar-refractivity contribution is -0.129. The summed E-state index contributed by atoms with van der Waals surface area (Å²) in [7, 11) is 0. The maximum absolute atomic E-state index is 11.6. The van der Waals surface area contributed by atoms with Crippen molar-refractivity contribution in [2.45, 2.75) is 26.2 Å². The van der Waals surface area contributed by atoms with Gasteiger partial charge in [0, 0.05) is 11.6 Å². The molecule has 0 aromatic heterocycles.